The molecule has 9 heteroatoms. The molecule has 0 saturated carbocycles. The molecule has 0 atom stereocenters. The Morgan fingerprint density at radius 2 is 1.95 bits per heavy atom. The van der Waals surface area contributed by atoms with Crippen LogP contribution >= 0.6 is 11.5 Å². The summed E-state index contributed by atoms with van der Waals surface area (Å²) in [6, 6.07) is 5.12. The van der Waals surface area contributed by atoms with Crippen LogP contribution in [0.5, 0.6) is 5.75 Å². The van der Waals surface area contributed by atoms with Crippen LogP contribution in [0, 0.1) is 0 Å². The number of alkyl halides is 3. The van der Waals surface area contributed by atoms with E-state index in [9.17, 15) is 18.0 Å². The summed E-state index contributed by atoms with van der Waals surface area (Å²) in [4.78, 5) is 15.4. The summed E-state index contributed by atoms with van der Waals surface area (Å²) in [6.07, 6.45) is -4.73. The normalized spacial score (nSPS) is 11.2. The van der Waals surface area contributed by atoms with Crippen LogP contribution in [0.1, 0.15) is 17.5 Å². The predicted molar refractivity (Wildman–Crippen MR) is 68.0 cm³/mol. The van der Waals surface area contributed by atoms with Crippen molar-refractivity contribution >= 4 is 17.5 Å². The number of ether oxygens (including phenoxy) is 2. The van der Waals surface area contributed by atoms with Crippen LogP contribution in [0.3, 0.4) is 0 Å². The lowest BCUT2D eigenvalue weighted by Crippen LogP contribution is -2.16. The first-order valence-corrected chi connectivity index (χ1v) is 6.53. The third-order valence-electron chi connectivity index (χ3n) is 2.22. The van der Waals surface area contributed by atoms with Crippen molar-refractivity contribution in [3.8, 4) is 16.3 Å². The zero-order chi connectivity index (χ0) is 15.5. The molecule has 1 heterocycles. The van der Waals surface area contributed by atoms with Gasteiger partial charge in [0.2, 0.25) is 0 Å². The first-order chi connectivity index (χ1) is 9.89. The Morgan fingerprint density at radius 3 is 2.52 bits per heavy atom. The Bertz CT molecular complexity index is 625. The van der Waals surface area contributed by atoms with E-state index in [0.717, 1.165) is 23.7 Å². The van der Waals surface area contributed by atoms with Gasteiger partial charge >= 0.3 is 12.3 Å². The van der Waals surface area contributed by atoms with E-state index >= 15 is 0 Å². The SMILES string of the molecule is CCOC(=O)c1nsc(-c2ccc(OC(F)(F)F)cc2)n1. The number of esters is 1. The van der Waals surface area contributed by atoms with Crippen molar-refractivity contribution in [3.63, 3.8) is 0 Å². The number of hydrogen-bond acceptors (Lipinski definition) is 6. The summed E-state index contributed by atoms with van der Waals surface area (Å²) in [5.74, 6) is -1.05. The average molecular weight is 318 g/mol. The van der Waals surface area contributed by atoms with E-state index in [2.05, 4.69) is 14.1 Å². The van der Waals surface area contributed by atoms with Gasteiger partial charge in [0.1, 0.15) is 10.8 Å². The zero-order valence-electron chi connectivity index (χ0n) is 10.7. The van der Waals surface area contributed by atoms with Crippen molar-refractivity contribution in [2.24, 2.45) is 0 Å². The van der Waals surface area contributed by atoms with Crippen LogP contribution in [0.4, 0.5) is 13.2 Å². The van der Waals surface area contributed by atoms with Gasteiger partial charge in [0.15, 0.2) is 0 Å². The molecule has 5 nitrogen and oxygen atoms in total. The molecule has 21 heavy (non-hydrogen) atoms. The number of aromatic nitrogens is 2. The highest BCUT2D eigenvalue weighted by Crippen LogP contribution is 2.27. The molecule has 0 aliphatic rings. The molecule has 0 radical (unpaired) electrons. The summed E-state index contributed by atoms with van der Waals surface area (Å²) in [5.41, 5.74) is 0.526. The summed E-state index contributed by atoms with van der Waals surface area (Å²) in [5, 5.41) is 0.400. The van der Waals surface area contributed by atoms with Crippen LogP contribution in [0.15, 0.2) is 24.3 Å². The monoisotopic (exact) mass is 318 g/mol. The molecule has 112 valence electrons. The standard InChI is InChI=1S/C12H9F3N2O3S/c1-2-19-11(18)9-16-10(21-17-9)7-3-5-8(6-4-7)20-12(13,14)15/h3-6H,2H2,1H3. The van der Waals surface area contributed by atoms with Gasteiger partial charge in [-0.25, -0.2) is 9.78 Å². The van der Waals surface area contributed by atoms with Crippen molar-refractivity contribution in [3.05, 3.63) is 30.1 Å². The Kier molecular flexibility index (Phi) is 4.41. The van der Waals surface area contributed by atoms with Crippen LogP contribution in [-0.2, 0) is 4.74 Å². The molecular weight excluding hydrogens is 309 g/mol. The van der Waals surface area contributed by atoms with Crippen molar-refractivity contribution in [1.29, 1.82) is 0 Å². The summed E-state index contributed by atoms with van der Waals surface area (Å²) < 4.78 is 48.5. The second-order valence-electron chi connectivity index (χ2n) is 3.72. The molecule has 0 spiro atoms. The molecule has 0 fully saturated rings. The Balaban J connectivity index is 2.14. The van der Waals surface area contributed by atoms with Gasteiger partial charge in [0, 0.05) is 5.56 Å². The lowest BCUT2D eigenvalue weighted by atomic mass is 10.2. The third-order valence-corrected chi connectivity index (χ3v) is 2.98. The van der Waals surface area contributed by atoms with Crippen LogP contribution in [-0.4, -0.2) is 28.3 Å². The van der Waals surface area contributed by atoms with Gasteiger partial charge in [-0.3, -0.25) is 0 Å². The second-order valence-corrected chi connectivity index (χ2v) is 4.47. The van der Waals surface area contributed by atoms with E-state index in [4.69, 9.17) is 4.74 Å². The van der Waals surface area contributed by atoms with Gasteiger partial charge < -0.3 is 9.47 Å². The van der Waals surface area contributed by atoms with E-state index in [0.29, 0.717) is 10.6 Å². The maximum Gasteiger partial charge on any atom is 0.573 e. The topological polar surface area (TPSA) is 61.3 Å². The lowest BCUT2D eigenvalue weighted by Gasteiger charge is -2.08. The van der Waals surface area contributed by atoms with E-state index in [-0.39, 0.29) is 18.2 Å². The van der Waals surface area contributed by atoms with Gasteiger partial charge in [0.05, 0.1) is 6.61 Å². The van der Waals surface area contributed by atoms with Crippen molar-refractivity contribution in [1.82, 2.24) is 9.36 Å². The molecule has 2 rings (SSSR count). The van der Waals surface area contributed by atoms with Crippen molar-refractivity contribution in [2.75, 3.05) is 6.61 Å². The van der Waals surface area contributed by atoms with Gasteiger partial charge in [0.25, 0.3) is 5.82 Å². The van der Waals surface area contributed by atoms with E-state index in [1.807, 2.05) is 0 Å². The molecule has 0 saturated heterocycles. The number of benzene rings is 1. The van der Waals surface area contributed by atoms with Gasteiger partial charge in [-0.1, -0.05) is 0 Å². The number of carbonyl (C=O) groups excluding carboxylic acids is 1. The molecule has 0 aliphatic heterocycles. The fourth-order valence-corrected chi connectivity index (χ4v) is 2.08. The highest BCUT2D eigenvalue weighted by atomic mass is 32.1. The van der Waals surface area contributed by atoms with E-state index in [1.165, 1.54) is 12.1 Å². The number of nitrogens with zero attached hydrogens (tertiary/aromatic N) is 2. The van der Waals surface area contributed by atoms with E-state index in [1.54, 1.807) is 6.92 Å². The maximum atomic E-state index is 12.0. The van der Waals surface area contributed by atoms with E-state index < -0.39 is 12.3 Å². The minimum atomic E-state index is -4.73. The summed E-state index contributed by atoms with van der Waals surface area (Å²) in [7, 11) is 0. The smallest absolute Gasteiger partial charge is 0.460 e. The lowest BCUT2D eigenvalue weighted by molar-refractivity contribution is -0.274. The first-order valence-electron chi connectivity index (χ1n) is 5.76. The first kappa shape index (κ1) is 15.2. The van der Waals surface area contributed by atoms with Crippen LogP contribution < -0.4 is 4.74 Å². The fourth-order valence-electron chi connectivity index (χ4n) is 1.42. The fraction of sp³-hybridized carbons (Fsp3) is 0.250. The van der Waals surface area contributed by atoms with Gasteiger partial charge in [-0.2, -0.15) is 4.37 Å². The summed E-state index contributed by atoms with van der Waals surface area (Å²) >= 11 is 0.951. The predicted octanol–water partition coefficient (Wildman–Crippen LogP) is 3.28. The molecular formula is C12H9F3N2O3S. The third kappa shape index (κ3) is 4.15. The van der Waals surface area contributed by atoms with Crippen molar-refractivity contribution in [2.45, 2.75) is 13.3 Å². The summed E-state index contributed by atoms with van der Waals surface area (Å²) in [6.45, 7) is 1.86. The minimum absolute atomic E-state index is 0.0764. The van der Waals surface area contributed by atoms with Crippen LogP contribution in [0.2, 0.25) is 0 Å². The van der Waals surface area contributed by atoms with Gasteiger partial charge in [-0.05, 0) is 42.7 Å². The molecule has 0 aliphatic carbocycles. The number of carbonyl (C=O) groups is 1. The van der Waals surface area contributed by atoms with Gasteiger partial charge in [-0.15, -0.1) is 13.2 Å². The molecule has 0 N–H and O–H groups in total. The highest BCUT2D eigenvalue weighted by Gasteiger charge is 2.31. The molecule has 0 amide bonds. The molecule has 0 bridgehead atoms. The Hall–Kier alpha value is -2.16. The number of hydrogen-bond donors (Lipinski definition) is 0. The quantitative estimate of drug-likeness (QED) is 0.810. The second kappa shape index (κ2) is 6.08. The number of halogens is 3. The molecule has 0 unspecified atom stereocenters. The highest BCUT2D eigenvalue weighted by molar-refractivity contribution is 7.09. The van der Waals surface area contributed by atoms with Crippen LogP contribution in [0.25, 0.3) is 10.6 Å². The van der Waals surface area contributed by atoms with Crippen molar-refractivity contribution < 1.29 is 27.4 Å². The molecule has 1 aromatic carbocycles. The minimum Gasteiger partial charge on any atom is -0.460 e. The largest absolute Gasteiger partial charge is 0.573 e. The zero-order valence-corrected chi connectivity index (χ0v) is 11.5. The Morgan fingerprint density at radius 1 is 1.29 bits per heavy atom. The number of rotatable bonds is 4. The average Bonchev–Trinajstić information content (AvgIpc) is 2.87. The maximum absolute atomic E-state index is 12.0. The molecule has 1 aromatic heterocycles. The molecule has 2 aromatic rings. The Labute approximate surface area is 121 Å².